The first kappa shape index (κ1) is 15.3. The Labute approximate surface area is 133 Å². The number of hydrogen-bond donors (Lipinski definition) is 4. The lowest BCUT2D eigenvalue weighted by atomic mass is 10.1. The first-order valence-corrected chi connectivity index (χ1v) is 6.59. The molecule has 0 spiro atoms. The smallest absolute Gasteiger partial charge is 0.507 e. The summed E-state index contributed by atoms with van der Waals surface area (Å²) in [6.45, 7) is 1.38. The van der Waals surface area contributed by atoms with Crippen molar-refractivity contribution in [3.8, 4) is 23.0 Å². The molecule has 0 amide bonds. The molecule has 122 valence electrons. The molecule has 9 nitrogen and oxygen atoms in total. The predicted octanol–water partition coefficient (Wildman–Crippen LogP) is 2.08. The van der Waals surface area contributed by atoms with Gasteiger partial charge in [-0.05, 0) is 19.1 Å². The lowest BCUT2D eigenvalue weighted by Crippen LogP contribution is -2.04. The average molecular weight is 330 g/mol. The molecule has 0 bridgehead atoms. The lowest BCUT2D eigenvalue weighted by Gasteiger charge is -2.12. The van der Waals surface area contributed by atoms with Crippen LogP contribution in [-0.4, -0.2) is 42.8 Å². The van der Waals surface area contributed by atoms with E-state index in [1.165, 1.54) is 13.0 Å². The summed E-state index contributed by atoms with van der Waals surface area (Å²) in [5.74, 6) is -1.43. The molecule has 9 heteroatoms. The number of fused-ring (bicyclic) bond motifs is 2. The zero-order valence-corrected chi connectivity index (χ0v) is 12.1. The quantitative estimate of drug-likeness (QED) is 0.239. The van der Waals surface area contributed by atoms with Gasteiger partial charge in [-0.3, -0.25) is 4.79 Å². The molecule has 0 aliphatic rings. The SMILES string of the molecule is Cc1c(O)c(C=O)c2nc3c(O)ccc(OC(=O)O)c3nc2c1O. The third-order valence-electron chi connectivity index (χ3n) is 3.52. The van der Waals surface area contributed by atoms with E-state index in [-0.39, 0.29) is 44.7 Å². The van der Waals surface area contributed by atoms with Crippen molar-refractivity contribution in [3.05, 3.63) is 23.3 Å². The number of carboxylic acid groups (broad SMARTS) is 1. The number of carbonyl (C=O) groups is 2. The van der Waals surface area contributed by atoms with Crippen LogP contribution in [0.15, 0.2) is 12.1 Å². The van der Waals surface area contributed by atoms with Crippen LogP contribution in [0.3, 0.4) is 0 Å². The van der Waals surface area contributed by atoms with Crippen molar-refractivity contribution in [1.29, 1.82) is 0 Å². The van der Waals surface area contributed by atoms with Gasteiger partial charge in [-0.2, -0.15) is 0 Å². The first-order chi connectivity index (χ1) is 11.3. The molecule has 1 heterocycles. The van der Waals surface area contributed by atoms with Crippen LogP contribution in [-0.2, 0) is 0 Å². The summed E-state index contributed by atoms with van der Waals surface area (Å²) in [5, 5.41) is 38.8. The molecule has 0 fully saturated rings. The van der Waals surface area contributed by atoms with Crippen LogP contribution >= 0.6 is 0 Å². The maximum Gasteiger partial charge on any atom is 0.511 e. The van der Waals surface area contributed by atoms with Crippen molar-refractivity contribution in [3.63, 3.8) is 0 Å². The van der Waals surface area contributed by atoms with Gasteiger partial charge in [0.15, 0.2) is 12.0 Å². The second kappa shape index (κ2) is 5.23. The van der Waals surface area contributed by atoms with Gasteiger partial charge in [0.25, 0.3) is 0 Å². The Morgan fingerprint density at radius 2 is 1.71 bits per heavy atom. The van der Waals surface area contributed by atoms with E-state index >= 15 is 0 Å². The maximum absolute atomic E-state index is 11.3. The molecular formula is C15H10N2O7. The van der Waals surface area contributed by atoms with Crippen LogP contribution in [0.25, 0.3) is 22.1 Å². The van der Waals surface area contributed by atoms with E-state index in [1.54, 1.807) is 0 Å². The summed E-state index contributed by atoms with van der Waals surface area (Å²) in [4.78, 5) is 30.1. The van der Waals surface area contributed by atoms with Crippen molar-refractivity contribution in [1.82, 2.24) is 9.97 Å². The summed E-state index contributed by atoms with van der Waals surface area (Å²) in [6.07, 6.45) is -1.25. The maximum atomic E-state index is 11.3. The number of carbonyl (C=O) groups excluding carboxylic acids is 1. The van der Waals surface area contributed by atoms with Crippen LogP contribution < -0.4 is 4.74 Å². The van der Waals surface area contributed by atoms with Gasteiger partial charge in [0.2, 0.25) is 0 Å². The summed E-state index contributed by atoms with van der Waals surface area (Å²) < 4.78 is 4.58. The molecule has 3 rings (SSSR count). The Bertz CT molecular complexity index is 1030. The first-order valence-electron chi connectivity index (χ1n) is 6.59. The number of ether oxygens (including phenoxy) is 1. The number of nitrogens with zero attached hydrogens (tertiary/aromatic N) is 2. The normalized spacial score (nSPS) is 10.9. The highest BCUT2D eigenvalue weighted by Crippen LogP contribution is 2.39. The highest BCUT2D eigenvalue weighted by molar-refractivity contribution is 6.04. The minimum Gasteiger partial charge on any atom is -0.507 e. The van der Waals surface area contributed by atoms with E-state index in [1.807, 2.05) is 0 Å². The highest BCUT2D eigenvalue weighted by Gasteiger charge is 2.21. The highest BCUT2D eigenvalue weighted by atomic mass is 16.7. The topological polar surface area (TPSA) is 150 Å². The molecule has 2 aromatic carbocycles. The van der Waals surface area contributed by atoms with Crippen molar-refractivity contribution in [2.45, 2.75) is 6.92 Å². The van der Waals surface area contributed by atoms with E-state index in [2.05, 4.69) is 14.7 Å². The van der Waals surface area contributed by atoms with E-state index in [9.17, 15) is 24.9 Å². The van der Waals surface area contributed by atoms with E-state index in [0.717, 1.165) is 6.07 Å². The summed E-state index contributed by atoms with van der Waals surface area (Å²) in [7, 11) is 0. The van der Waals surface area contributed by atoms with Crippen molar-refractivity contribution < 1.29 is 34.8 Å². The minimum atomic E-state index is -1.59. The molecule has 0 saturated heterocycles. The average Bonchev–Trinajstić information content (AvgIpc) is 2.55. The molecule has 3 aromatic rings. The monoisotopic (exact) mass is 330 g/mol. The van der Waals surface area contributed by atoms with Gasteiger partial charge < -0.3 is 25.2 Å². The Kier molecular flexibility index (Phi) is 3.33. The zero-order chi connectivity index (χ0) is 17.6. The minimum absolute atomic E-state index is 0.0131. The number of benzene rings is 2. The van der Waals surface area contributed by atoms with E-state index in [0.29, 0.717) is 6.29 Å². The number of rotatable bonds is 2. The fourth-order valence-electron chi connectivity index (χ4n) is 2.34. The fraction of sp³-hybridized carbons (Fsp3) is 0.0667. The number of aldehydes is 1. The summed E-state index contributed by atoms with van der Waals surface area (Å²) in [5.41, 5.74) is -0.742. The Balaban J connectivity index is 2.52. The zero-order valence-electron chi connectivity index (χ0n) is 12.1. The Morgan fingerprint density at radius 3 is 2.33 bits per heavy atom. The fourth-order valence-corrected chi connectivity index (χ4v) is 2.34. The molecule has 1 aromatic heterocycles. The lowest BCUT2D eigenvalue weighted by molar-refractivity contribution is 0.112. The van der Waals surface area contributed by atoms with E-state index < -0.39 is 17.7 Å². The largest absolute Gasteiger partial charge is 0.511 e. The van der Waals surface area contributed by atoms with Crippen LogP contribution in [0.2, 0.25) is 0 Å². The number of phenols is 3. The number of phenolic OH excluding ortho intramolecular Hbond substituents is 3. The third-order valence-corrected chi connectivity index (χ3v) is 3.52. The Hall–Kier alpha value is -3.62. The molecule has 0 saturated carbocycles. The van der Waals surface area contributed by atoms with Crippen LogP contribution in [0.4, 0.5) is 4.79 Å². The molecule has 0 aliphatic carbocycles. The molecule has 4 N–H and O–H groups in total. The van der Waals surface area contributed by atoms with Gasteiger partial charge in [-0.1, -0.05) is 0 Å². The van der Waals surface area contributed by atoms with Gasteiger partial charge in [0.05, 0.1) is 5.56 Å². The van der Waals surface area contributed by atoms with Gasteiger partial charge in [0.1, 0.15) is 39.3 Å². The predicted molar refractivity (Wildman–Crippen MR) is 80.8 cm³/mol. The molecule has 0 aliphatic heterocycles. The van der Waals surface area contributed by atoms with Gasteiger partial charge in [-0.15, -0.1) is 0 Å². The van der Waals surface area contributed by atoms with Crippen molar-refractivity contribution >= 4 is 34.5 Å². The third kappa shape index (κ3) is 2.10. The second-order valence-corrected chi connectivity index (χ2v) is 4.92. The number of hydrogen-bond acceptors (Lipinski definition) is 8. The van der Waals surface area contributed by atoms with Crippen LogP contribution in [0.1, 0.15) is 15.9 Å². The summed E-state index contributed by atoms with van der Waals surface area (Å²) >= 11 is 0. The van der Waals surface area contributed by atoms with E-state index in [4.69, 9.17) is 5.11 Å². The molecular weight excluding hydrogens is 320 g/mol. The second-order valence-electron chi connectivity index (χ2n) is 4.92. The van der Waals surface area contributed by atoms with Gasteiger partial charge >= 0.3 is 6.16 Å². The molecule has 0 radical (unpaired) electrons. The molecule has 24 heavy (non-hydrogen) atoms. The van der Waals surface area contributed by atoms with Crippen molar-refractivity contribution in [2.24, 2.45) is 0 Å². The molecule has 0 atom stereocenters. The van der Waals surface area contributed by atoms with Gasteiger partial charge in [-0.25, -0.2) is 14.8 Å². The van der Waals surface area contributed by atoms with Crippen LogP contribution in [0.5, 0.6) is 23.0 Å². The number of aromatic nitrogens is 2. The number of aromatic hydroxyl groups is 3. The van der Waals surface area contributed by atoms with Crippen molar-refractivity contribution in [2.75, 3.05) is 0 Å². The molecule has 0 unspecified atom stereocenters. The standard InChI is InChI=1S/C15H10N2O7/c1-5-13(20)6(4-18)9-12(14(5)21)17-11-8(24-15(22)23)3-2-7(19)10(11)16-9/h2-4,19-21H,1H3,(H,22,23). The van der Waals surface area contributed by atoms with Crippen LogP contribution in [0, 0.1) is 6.92 Å². The Morgan fingerprint density at radius 1 is 1.04 bits per heavy atom. The summed E-state index contributed by atoms with van der Waals surface area (Å²) in [6, 6.07) is 2.33. The van der Waals surface area contributed by atoms with Gasteiger partial charge in [0, 0.05) is 5.56 Å².